The molecule has 0 spiro atoms. The van der Waals surface area contributed by atoms with E-state index in [1.807, 2.05) is 0 Å². The quantitative estimate of drug-likeness (QED) is 0.744. The Bertz CT molecular complexity index is 839. The Hall–Kier alpha value is -3.03. The molecule has 0 radical (unpaired) electrons. The van der Waals surface area contributed by atoms with E-state index in [2.05, 4.69) is 10.1 Å². The Balaban J connectivity index is 2.07. The predicted octanol–water partition coefficient (Wildman–Crippen LogP) is 3.54. The number of aromatic nitrogens is 3. The molecule has 1 heterocycles. The van der Waals surface area contributed by atoms with Crippen molar-refractivity contribution >= 4 is 5.69 Å². The van der Waals surface area contributed by atoms with Gasteiger partial charge in [-0.05, 0) is 36.4 Å². The van der Waals surface area contributed by atoms with Gasteiger partial charge in [0.05, 0.1) is 18.4 Å². The number of benzene rings is 2. The predicted molar refractivity (Wildman–Crippen MR) is 82.8 cm³/mol. The van der Waals surface area contributed by atoms with Crippen molar-refractivity contribution in [1.29, 1.82) is 0 Å². The standard InChI is InChI=1S/C16H13F3N4O/c1-24-15-21-14(10-2-4-11(5-3-10)16(17,18)19)23(22-15)13-8-6-12(20)7-9-13/h2-9H,20H2,1H3. The summed E-state index contributed by atoms with van der Waals surface area (Å²) in [7, 11) is 1.42. The molecule has 24 heavy (non-hydrogen) atoms. The number of nitrogens with two attached hydrogens (primary N) is 1. The highest BCUT2D eigenvalue weighted by Gasteiger charge is 2.30. The summed E-state index contributed by atoms with van der Waals surface area (Å²) < 4.78 is 44.6. The average Bonchev–Trinajstić information content (AvgIpc) is 2.99. The molecule has 0 aliphatic carbocycles. The van der Waals surface area contributed by atoms with Gasteiger partial charge in [-0.2, -0.15) is 18.2 Å². The van der Waals surface area contributed by atoms with E-state index in [0.29, 0.717) is 22.8 Å². The van der Waals surface area contributed by atoms with Crippen LogP contribution in [0.4, 0.5) is 18.9 Å². The van der Waals surface area contributed by atoms with Crippen LogP contribution in [0.1, 0.15) is 5.56 Å². The van der Waals surface area contributed by atoms with Crippen molar-refractivity contribution in [2.45, 2.75) is 6.18 Å². The number of hydrogen-bond donors (Lipinski definition) is 1. The first-order valence-corrected chi connectivity index (χ1v) is 6.93. The molecule has 2 aromatic carbocycles. The monoisotopic (exact) mass is 334 g/mol. The van der Waals surface area contributed by atoms with E-state index in [0.717, 1.165) is 12.1 Å². The van der Waals surface area contributed by atoms with Gasteiger partial charge >= 0.3 is 12.2 Å². The number of anilines is 1. The fourth-order valence-electron chi connectivity index (χ4n) is 2.17. The molecule has 0 unspecified atom stereocenters. The summed E-state index contributed by atoms with van der Waals surface area (Å²) in [5.41, 5.74) is 6.67. The summed E-state index contributed by atoms with van der Waals surface area (Å²) in [4.78, 5) is 4.21. The Kier molecular flexibility index (Phi) is 3.88. The first kappa shape index (κ1) is 15.9. The van der Waals surface area contributed by atoms with Crippen molar-refractivity contribution in [2.75, 3.05) is 12.8 Å². The summed E-state index contributed by atoms with van der Waals surface area (Å²) in [6, 6.07) is 11.7. The molecule has 0 amide bonds. The van der Waals surface area contributed by atoms with Crippen LogP contribution in [0.5, 0.6) is 6.01 Å². The lowest BCUT2D eigenvalue weighted by Gasteiger charge is -2.08. The van der Waals surface area contributed by atoms with Gasteiger partial charge in [-0.25, -0.2) is 4.68 Å². The fourth-order valence-corrected chi connectivity index (χ4v) is 2.17. The van der Waals surface area contributed by atoms with Crippen LogP contribution in [0.3, 0.4) is 0 Å². The second kappa shape index (κ2) is 5.88. The summed E-state index contributed by atoms with van der Waals surface area (Å²) >= 11 is 0. The van der Waals surface area contributed by atoms with Crippen LogP contribution >= 0.6 is 0 Å². The van der Waals surface area contributed by atoms with Crippen molar-refractivity contribution in [2.24, 2.45) is 0 Å². The van der Waals surface area contributed by atoms with Crippen LogP contribution in [-0.2, 0) is 6.18 Å². The zero-order valence-electron chi connectivity index (χ0n) is 12.6. The van der Waals surface area contributed by atoms with Crippen LogP contribution in [0, 0.1) is 0 Å². The molecule has 0 aliphatic rings. The van der Waals surface area contributed by atoms with Gasteiger partial charge in [0.1, 0.15) is 0 Å². The molecule has 3 aromatic rings. The number of ether oxygens (including phenoxy) is 1. The average molecular weight is 334 g/mol. The fraction of sp³-hybridized carbons (Fsp3) is 0.125. The van der Waals surface area contributed by atoms with Gasteiger partial charge in [0.2, 0.25) is 0 Å². The number of nitrogens with zero attached hydrogens (tertiary/aromatic N) is 3. The van der Waals surface area contributed by atoms with Gasteiger partial charge in [-0.1, -0.05) is 12.1 Å². The second-order valence-corrected chi connectivity index (χ2v) is 5.00. The van der Waals surface area contributed by atoms with Crippen molar-refractivity contribution in [3.8, 4) is 23.1 Å². The van der Waals surface area contributed by atoms with Crippen molar-refractivity contribution < 1.29 is 17.9 Å². The molecule has 0 atom stereocenters. The first-order chi connectivity index (χ1) is 11.4. The molecular formula is C16H13F3N4O. The Morgan fingerprint density at radius 3 is 2.17 bits per heavy atom. The van der Waals surface area contributed by atoms with Crippen molar-refractivity contribution in [3.05, 3.63) is 54.1 Å². The minimum Gasteiger partial charge on any atom is -0.466 e. The Morgan fingerprint density at radius 2 is 1.62 bits per heavy atom. The first-order valence-electron chi connectivity index (χ1n) is 6.93. The van der Waals surface area contributed by atoms with E-state index in [-0.39, 0.29) is 6.01 Å². The Morgan fingerprint density at radius 1 is 1.00 bits per heavy atom. The molecule has 124 valence electrons. The van der Waals surface area contributed by atoms with Crippen molar-refractivity contribution in [1.82, 2.24) is 14.8 Å². The van der Waals surface area contributed by atoms with E-state index in [1.54, 1.807) is 24.3 Å². The van der Waals surface area contributed by atoms with Crippen LogP contribution in [0.2, 0.25) is 0 Å². The number of nitrogen functional groups attached to an aromatic ring is 1. The normalized spacial score (nSPS) is 11.5. The van der Waals surface area contributed by atoms with Crippen LogP contribution < -0.4 is 10.5 Å². The van der Waals surface area contributed by atoms with E-state index < -0.39 is 11.7 Å². The molecule has 1 aromatic heterocycles. The van der Waals surface area contributed by atoms with Crippen LogP contribution in [-0.4, -0.2) is 21.9 Å². The molecule has 0 saturated carbocycles. The van der Waals surface area contributed by atoms with E-state index in [9.17, 15) is 13.2 Å². The number of methoxy groups -OCH3 is 1. The highest BCUT2D eigenvalue weighted by molar-refractivity contribution is 5.59. The molecule has 0 bridgehead atoms. The SMILES string of the molecule is COc1nc(-c2ccc(C(F)(F)F)cc2)n(-c2ccc(N)cc2)n1. The molecule has 3 rings (SSSR count). The van der Waals surface area contributed by atoms with Crippen LogP contribution in [0.25, 0.3) is 17.1 Å². The van der Waals surface area contributed by atoms with Crippen LogP contribution in [0.15, 0.2) is 48.5 Å². The van der Waals surface area contributed by atoms with E-state index in [1.165, 1.54) is 23.9 Å². The van der Waals surface area contributed by atoms with Gasteiger partial charge in [0.25, 0.3) is 0 Å². The summed E-state index contributed by atoms with van der Waals surface area (Å²) in [6.45, 7) is 0. The van der Waals surface area contributed by atoms with Gasteiger partial charge in [0.15, 0.2) is 5.82 Å². The summed E-state index contributed by atoms with van der Waals surface area (Å²) in [6.07, 6.45) is -4.39. The molecule has 8 heteroatoms. The molecule has 2 N–H and O–H groups in total. The van der Waals surface area contributed by atoms with Gasteiger partial charge in [-0.15, -0.1) is 5.10 Å². The smallest absolute Gasteiger partial charge is 0.416 e. The lowest BCUT2D eigenvalue weighted by Crippen LogP contribution is -2.05. The minimum atomic E-state index is -4.39. The van der Waals surface area contributed by atoms with E-state index in [4.69, 9.17) is 10.5 Å². The number of hydrogen-bond acceptors (Lipinski definition) is 4. The third-order valence-electron chi connectivity index (χ3n) is 3.38. The molecule has 0 fully saturated rings. The third kappa shape index (κ3) is 3.03. The number of rotatable bonds is 3. The topological polar surface area (TPSA) is 66.0 Å². The highest BCUT2D eigenvalue weighted by Crippen LogP contribution is 2.31. The summed E-state index contributed by atoms with van der Waals surface area (Å²) in [5, 5.41) is 4.20. The van der Waals surface area contributed by atoms with Gasteiger partial charge in [-0.3, -0.25) is 0 Å². The third-order valence-corrected chi connectivity index (χ3v) is 3.38. The van der Waals surface area contributed by atoms with Crippen molar-refractivity contribution in [3.63, 3.8) is 0 Å². The Labute approximate surface area is 135 Å². The maximum absolute atomic E-state index is 12.7. The highest BCUT2D eigenvalue weighted by atomic mass is 19.4. The number of halogens is 3. The molecule has 0 aliphatic heterocycles. The van der Waals surface area contributed by atoms with Gasteiger partial charge in [0, 0.05) is 11.3 Å². The maximum Gasteiger partial charge on any atom is 0.416 e. The lowest BCUT2D eigenvalue weighted by atomic mass is 10.1. The van der Waals surface area contributed by atoms with E-state index >= 15 is 0 Å². The molecule has 0 saturated heterocycles. The number of alkyl halides is 3. The summed E-state index contributed by atoms with van der Waals surface area (Å²) in [5.74, 6) is 0.366. The molecular weight excluding hydrogens is 321 g/mol. The molecule has 5 nitrogen and oxygen atoms in total. The second-order valence-electron chi connectivity index (χ2n) is 5.00. The maximum atomic E-state index is 12.7. The zero-order valence-corrected chi connectivity index (χ0v) is 12.6. The van der Waals surface area contributed by atoms with Gasteiger partial charge < -0.3 is 10.5 Å². The lowest BCUT2D eigenvalue weighted by molar-refractivity contribution is -0.137. The largest absolute Gasteiger partial charge is 0.466 e. The minimum absolute atomic E-state index is 0.113. The zero-order chi connectivity index (χ0) is 17.3.